The van der Waals surface area contributed by atoms with Gasteiger partial charge in [0.2, 0.25) is 0 Å². The molecule has 0 aromatic carbocycles. The van der Waals surface area contributed by atoms with E-state index in [0.717, 1.165) is 0 Å². The lowest BCUT2D eigenvalue weighted by Gasteiger charge is -2.04. The first kappa shape index (κ1) is 12.7. The van der Waals surface area contributed by atoms with Crippen LogP contribution in [0, 0.1) is 11.3 Å². The molecule has 90 valence electrons. The van der Waals surface area contributed by atoms with Crippen LogP contribution in [-0.4, -0.2) is 21.0 Å². The summed E-state index contributed by atoms with van der Waals surface area (Å²) in [5, 5.41) is 15.6. The lowest BCUT2D eigenvalue weighted by molar-refractivity contribution is 0.101. The first-order chi connectivity index (χ1) is 8.54. The largest absolute Gasteiger partial charge is 0.294 e. The van der Waals surface area contributed by atoms with Gasteiger partial charge in [-0.3, -0.25) is 9.89 Å². The minimum absolute atomic E-state index is 0.144. The number of nitriles is 1. The van der Waals surface area contributed by atoms with Crippen LogP contribution in [0.3, 0.4) is 0 Å². The van der Waals surface area contributed by atoms with Gasteiger partial charge in [0.1, 0.15) is 16.9 Å². The van der Waals surface area contributed by atoms with Crippen LogP contribution in [0.2, 0.25) is 5.15 Å². The number of Topliss-reactive ketones (excluding diaryl/α,β-unsaturated/α-hetero) is 1. The molecule has 2 aromatic heterocycles. The minimum Gasteiger partial charge on any atom is -0.294 e. The van der Waals surface area contributed by atoms with Gasteiger partial charge in [0.15, 0.2) is 11.5 Å². The van der Waals surface area contributed by atoms with E-state index in [1.54, 1.807) is 6.07 Å². The van der Waals surface area contributed by atoms with Crippen LogP contribution >= 0.6 is 27.5 Å². The second kappa shape index (κ2) is 4.88. The average Bonchev–Trinajstić information content (AvgIpc) is 2.69. The van der Waals surface area contributed by atoms with Crippen molar-refractivity contribution in [2.75, 3.05) is 0 Å². The van der Waals surface area contributed by atoms with Crippen molar-refractivity contribution in [2.24, 2.45) is 0 Å². The van der Waals surface area contributed by atoms with E-state index in [4.69, 9.17) is 16.9 Å². The Hall–Kier alpha value is -1.71. The molecule has 0 bridgehead atoms. The third-order valence-corrected chi connectivity index (χ3v) is 3.27. The van der Waals surface area contributed by atoms with Crippen molar-refractivity contribution in [1.29, 1.82) is 5.26 Å². The fraction of sp³-hybridized carbons (Fsp3) is 0.0909. The summed E-state index contributed by atoms with van der Waals surface area (Å²) < 4.78 is 0.460. The summed E-state index contributed by atoms with van der Waals surface area (Å²) in [5.41, 5.74) is 1.43. The zero-order valence-electron chi connectivity index (χ0n) is 9.16. The molecule has 0 aliphatic rings. The van der Waals surface area contributed by atoms with E-state index in [2.05, 4.69) is 31.1 Å². The van der Waals surface area contributed by atoms with Gasteiger partial charge in [-0.05, 0) is 35.0 Å². The van der Waals surface area contributed by atoms with Crippen molar-refractivity contribution in [3.8, 4) is 17.5 Å². The molecule has 0 saturated heterocycles. The SMILES string of the molecule is CC(=O)c1ccc(Cl)nc1-c1[nH]nc(C#N)c1Br. The van der Waals surface area contributed by atoms with E-state index in [-0.39, 0.29) is 16.6 Å². The highest BCUT2D eigenvalue weighted by Gasteiger charge is 2.18. The molecule has 2 rings (SSSR count). The van der Waals surface area contributed by atoms with E-state index < -0.39 is 0 Å². The van der Waals surface area contributed by atoms with Gasteiger partial charge in [0.25, 0.3) is 0 Å². The minimum atomic E-state index is -0.144. The number of carbonyl (C=O) groups excluding carboxylic acids is 1. The van der Waals surface area contributed by atoms with Gasteiger partial charge in [0.05, 0.1) is 10.2 Å². The monoisotopic (exact) mass is 324 g/mol. The Morgan fingerprint density at radius 2 is 2.28 bits per heavy atom. The van der Waals surface area contributed by atoms with Gasteiger partial charge < -0.3 is 0 Å². The zero-order valence-corrected chi connectivity index (χ0v) is 11.5. The highest BCUT2D eigenvalue weighted by atomic mass is 79.9. The van der Waals surface area contributed by atoms with E-state index in [9.17, 15) is 4.79 Å². The summed E-state index contributed by atoms with van der Waals surface area (Å²) in [5.74, 6) is -0.144. The van der Waals surface area contributed by atoms with Crippen LogP contribution in [0.5, 0.6) is 0 Å². The van der Waals surface area contributed by atoms with Gasteiger partial charge >= 0.3 is 0 Å². The predicted octanol–water partition coefficient (Wildman–Crippen LogP) is 2.96. The fourth-order valence-electron chi connectivity index (χ4n) is 1.47. The average molecular weight is 326 g/mol. The molecule has 2 aromatic rings. The highest BCUT2D eigenvalue weighted by Crippen LogP contribution is 2.30. The summed E-state index contributed by atoms with van der Waals surface area (Å²) >= 11 is 9.07. The number of ketones is 1. The molecule has 7 heteroatoms. The number of H-pyrrole nitrogens is 1. The van der Waals surface area contributed by atoms with Crippen molar-refractivity contribution in [2.45, 2.75) is 6.92 Å². The predicted molar refractivity (Wildman–Crippen MR) is 69.2 cm³/mol. The number of hydrogen-bond acceptors (Lipinski definition) is 4. The quantitative estimate of drug-likeness (QED) is 0.679. The van der Waals surface area contributed by atoms with Crippen molar-refractivity contribution in [3.05, 3.63) is 33.0 Å². The highest BCUT2D eigenvalue weighted by molar-refractivity contribution is 9.10. The number of aromatic nitrogens is 3. The van der Waals surface area contributed by atoms with Crippen LogP contribution in [0.15, 0.2) is 16.6 Å². The fourth-order valence-corrected chi connectivity index (χ4v) is 2.07. The van der Waals surface area contributed by atoms with Crippen LogP contribution in [0.1, 0.15) is 23.0 Å². The molecule has 0 aliphatic heterocycles. The van der Waals surface area contributed by atoms with Gasteiger partial charge in [0, 0.05) is 5.56 Å². The van der Waals surface area contributed by atoms with E-state index in [1.165, 1.54) is 13.0 Å². The molecule has 0 spiro atoms. The Kier molecular flexibility index (Phi) is 3.45. The first-order valence-corrected chi connectivity index (χ1v) is 6.03. The number of carbonyl (C=O) groups is 1. The summed E-state index contributed by atoms with van der Waals surface area (Å²) in [4.78, 5) is 15.6. The summed E-state index contributed by atoms with van der Waals surface area (Å²) in [7, 11) is 0. The maximum absolute atomic E-state index is 11.5. The second-order valence-corrected chi connectivity index (χ2v) is 4.64. The Morgan fingerprint density at radius 1 is 1.56 bits per heavy atom. The lowest BCUT2D eigenvalue weighted by atomic mass is 10.1. The van der Waals surface area contributed by atoms with Gasteiger partial charge in [-0.1, -0.05) is 11.6 Å². The molecule has 2 heterocycles. The summed E-state index contributed by atoms with van der Waals surface area (Å²) in [6.07, 6.45) is 0. The van der Waals surface area contributed by atoms with Crippen molar-refractivity contribution < 1.29 is 4.79 Å². The van der Waals surface area contributed by atoms with Crippen molar-refractivity contribution in [3.63, 3.8) is 0 Å². The number of nitrogens with zero attached hydrogens (tertiary/aromatic N) is 3. The third kappa shape index (κ3) is 2.15. The molecule has 0 unspecified atom stereocenters. The van der Waals surface area contributed by atoms with Crippen molar-refractivity contribution >= 4 is 33.3 Å². The first-order valence-electron chi connectivity index (χ1n) is 4.86. The van der Waals surface area contributed by atoms with E-state index in [1.807, 2.05) is 6.07 Å². The van der Waals surface area contributed by atoms with E-state index in [0.29, 0.717) is 21.4 Å². The van der Waals surface area contributed by atoms with Crippen LogP contribution in [0.25, 0.3) is 11.4 Å². The number of halogens is 2. The molecule has 1 N–H and O–H groups in total. The third-order valence-electron chi connectivity index (χ3n) is 2.29. The molecule has 18 heavy (non-hydrogen) atoms. The Morgan fingerprint density at radius 3 is 2.83 bits per heavy atom. The molecule has 0 amide bonds. The van der Waals surface area contributed by atoms with Crippen LogP contribution in [0.4, 0.5) is 0 Å². The summed E-state index contributed by atoms with van der Waals surface area (Å²) in [6.45, 7) is 1.43. The number of nitrogens with one attached hydrogen (secondary N) is 1. The van der Waals surface area contributed by atoms with Crippen molar-refractivity contribution in [1.82, 2.24) is 15.2 Å². The normalized spacial score (nSPS) is 10.1. The maximum Gasteiger partial charge on any atom is 0.177 e. The molecule has 0 fully saturated rings. The van der Waals surface area contributed by atoms with Crippen LogP contribution < -0.4 is 0 Å². The molecule has 0 atom stereocenters. The maximum atomic E-state index is 11.5. The molecule has 5 nitrogen and oxygen atoms in total. The Labute approximate surface area is 116 Å². The molecule has 0 aliphatic carbocycles. The molecule has 0 saturated carbocycles. The Balaban J connectivity index is 2.70. The van der Waals surface area contributed by atoms with Gasteiger partial charge in [-0.15, -0.1) is 0 Å². The van der Waals surface area contributed by atoms with Crippen LogP contribution in [-0.2, 0) is 0 Å². The lowest BCUT2D eigenvalue weighted by Crippen LogP contribution is -1.99. The topological polar surface area (TPSA) is 82.4 Å². The number of rotatable bonds is 2. The van der Waals surface area contributed by atoms with Gasteiger partial charge in [-0.2, -0.15) is 10.4 Å². The number of pyridine rings is 1. The number of hydrogen-bond donors (Lipinski definition) is 1. The zero-order chi connectivity index (χ0) is 13.3. The molecular weight excluding hydrogens is 320 g/mol. The van der Waals surface area contributed by atoms with Gasteiger partial charge in [-0.25, -0.2) is 4.98 Å². The Bertz CT molecular complexity index is 674. The summed E-state index contributed by atoms with van der Waals surface area (Å²) in [6, 6.07) is 5.04. The molecule has 0 radical (unpaired) electrons. The molecular formula is C11H6BrClN4O. The number of aromatic amines is 1. The second-order valence-electron chi connectivity index (χ2n) is 3.46. The standard InChI is InChI=1S/C11H6BrClN4O/c1-5(18)6-2-3-8(13)15-10(6)11-9(12)7(4-14)16-17-11/h2-3H,1H3,(H,16,17). The smallest absolute Gasteiger partial charge is 0.177 e. The van der Waals surface area contributed by atoms with E-state index >= 15 is 0 Å².